The Bertz CT molecular complexity index is 2110. The molecule has 0 saturated heterocycles. The molecule has 1 aliphatic carbocycles. The Morgan fingerprint density at radius 3 is 1.56 bits per heavy atom. The van der Waals surface area contributed by atoms with E-state index in [1.54, 1.807) is 0 Å². The zero-order valence-electron chi connectivity index (χ0n) is 24.6. The Morgan fingerprint density at radius 1 is 0.395 bits per heavy atom. The molecule has 1 fully saturated rings. The van der Waals surface area contributed by atoms with Gasteiger partial charge in [0.15, 0.2) is 0 Å². The molecule has 43 heavy (non-hydrogen) atoms. The van der Waals surface area contributed by atoms with Gasteiger partial charge in [0.2, 0.25) is 0 Å². The number of hydrogen-bond donors (Lipinski definition) is 0. The van der Waals surface area contributed by atoms with Gasteiger partial charge in [-0.3, -0.25) is 0 Å². The third kappa shape index (κ3) is 4.74. The maximum absolute atomic E-state index is 2.34. The summed E-state index contributed by atoms with van der Waals surface area (Å²) < 4.78 is 0. The summed E-state index contributed by atoms with van der Waals surface area (Å²) in [6.07, 6.45) is 3.99. The minimum absolute atomic E-state index is 0.714. The first-order chi connectivity index (χ1) is 21.2. The maximum atomic E-state index is 2.34. The van der Waals surface area contributed by atoms with Crippen LogP contribution in [0.3, 0.4) is 0 Å². The number of hydrogen-bond acceptors (Lipinski definition) is 0. The minimum atomic E-state index is 0.714. The molecular formula is C43H34. The Labute approximate surface area is 254 Å². The molecule has 0 atom stereocenters. The van der Waals surface area contributed by atoms with Gasteiger partial charge in [0.05, 0.1) is 0 Å². The van der Waals surface area contributed by atoms with Crippen LogP contribution < -0.4 is 0 Å². The summed E-state index contributed by atoms with van der Waals surface area (Å²) in [5.41, 5.74) is 13.2. The van der Waals surface area contributed by atoms with Gasteiger partial charge in [0.1, 0.15) is 0 Å². The van der Waals surface area contributed by atoms with Gasteiger partial charge in [-0.15, -0.1) is 0 Å². The molecule has 0 nitrogen and oxygen atoms in total. The Hall–Kier alpha value is -4.94. The summed E-state index contributed by atoms with van der Waals surface area (Å²) in [6, 6.07) is 53.9. The van der Waals surface area contributed by atoms with Crippen molar-refractivity contribution in [3.8, 4) is 44.5 Å². The number of rotatable bonds is 5. The average molecular weight is 551 g/mol. The second kappa shape index (κ2) is 10.7. The highest BCUT2D eigenvalue weighted by atomic mass is 14.3. The molecule has 0 bridgehead atoms. The predicted molar refractivity (Wildman–Crippen MR) is 185 cm³/mol. The first kappa shape index (κ1) is 25.7. The van der Waals surface area contributed by atoms with Gasteiger partial charge < -0.3 is 0 Å². The minimum Gasteiger partial charge on any atom is -0.0619 e. The first-order valence-electron chi connectivity index (χ1n) is 15.5. The lowest BCUT2D eigenvalue weighted by atomic mass is 9.76. The van der Waals surface area contributed by atoms with Crippen LogP contribution in [0.1, 0.15) is 36.3 Å². The zero-order valence-corrected chi connectivity index (χ0v) is 24.6. The summed E-state index contributed by atoms with van der Waals surface area (Å²) in [4.78, 5) is 0. The quantitative estimate of drug-likeness (QED) is 0.200. The molecule has 0 radical (unpaired) electrons. The zero-order chi connectivity index (χ0) is 28.8. The second-order valence-electron chi connectivity index (χ2n) is 12.1. The van der Waals surface area contributed by atoms with Crippen molar-refractivity contribution in [2.75, 3.05) is 0 Å². The number of benzene rings is 7. The molecule has 1 saturated carbocycles. The van der Waals surface area contributed by atoms with Gasteiger partial charge in [-0.05, 0) is 121 Å². The SMILES string of the molecule is Cc1c(-c2ccc(-c3ccc4cc(-c5ccc6ccccc6c5)ccc4c3)cc2)cccc1-c1ccccc1C1CCC1. The normalized spacial score (nSPS) is 13.3. The fourth-order valence-corrected chi connectivity index (χ4v) is 6.87. The van der Waals surface area contributed by atoms with E-state index < -0.39 is 0 Å². The van der Waals surface area contributed by atoms with Gasteiger partial charge in [-0.1, -0.05) is 134 Å². The van der Waals surface area contributed by atoms with E-state index in [1.807, 2.05) is 0 Å². The van der Waals surface area contributed by atoms with Gasteiger partial charge in [-0.25, -0.2) is 0 Å². The molecule has 0 N–H and O–H groups in total. The van der Waals surface area contributed by atoms with Crippen molar-refractivity contribution in [3.63, 3.8) is 0 Å². The van der Waals surface area contributed by atoms with Crippen molar-refractivity contribution in [2.24, 2.45) is 0 Å². The molecule has 1 aliphatic rings. The third-order valence-corrected chi connectivity index (χ3v) is 9.58. The molecule has 8 rings (SSSR count). The van der Waals surface area contributed by atoms with Crippen LogP contribution in [0.15, 0.2) is 146 Å². The summed E-state index contributed by atoms with van der Waals surface area (Å²) in [7, 11) is 0. The Kier molecular flexibility index (Phi) is 6.42. The maximum Gasteiger partial charge on any atom is -0.0146 e. The first-order valence-corrected chi connectivity index (χ1v) is 15.5. The van der Waals surface area contributed by atoms with Gasteiger partial charge in [0.25, 0.3) is 0 Å². The van der Waals surface area contributed by atoms with Crippen LogP contribution in [-0.2, 0) is 0 Å². The van der Waals surface area contributed by atoms with E-state index in [2.05, 4.69) is 153 Å². The van der Waals surface area contributed by atoms with Crippen LogP contribution >= 0.6 is 0 Å². The van der Waals surface area contributed by atoms with Crippen molar-refractivity contribution in [2.45, 2.75) is 32.1 Å². The van der Waals surface area contributed by atoms with Crippen molar-refractivity contribution in [3.05, 3.63) is 157 Å². The summed E-state index contributed by atoms with van der Waals surface area (Å²) in [6.45, 7) is 2.28. The fraction of sp³-hybridized carbons (Fsp3) is 0.116. The van der Waals surface area contributed by atoms with E-state index >= 15 is 0 Å². The molecule has 0 aromatic heterocycles. The monoisotopic (exact) mass is 550 g/mol. The van der Waals surface area contributed by atoms with Crippen molar-refractivity contribution in [1.29, 1.82) is 0 Å². The van der Waals surface area contributed by atoms with Crippen LogP contribution in [0.4, 0.5) is 0 Å². The van der Waals surface area contributed by atoms with Crippen LogP contribution in [0, 0.1) is 6.92 Å². The van der Waals surface area contributed by atoms with E-state index in [9.17, 15) is 0 Å². The Morgan fingerprint density at radius 2 is 0.884 bits per heavy atom. The highest BCUT2D eigenvalue weighted by Gasteiger charge is 2.23. The third-order valence-electron chi connectivity index (χ3n) is 9.58. The summed E-state index contributed by atoms with van der Waals surface area (Å²) >= 11 is 0. The molecule has 0 heterocycles. The molecule has 7 aromatic carbocycles. The highest BCUT2D eigenvalue weighted by molar-refractivity contribution is 5.93. The smallest absolute Gasteiger partial charge is 0.0146 e. The molecule has 206 valence electrons. The van der Waals surface area contributed by atoms with E-state index in [0.29, 0.717) is 5.92 Å². The molecule has 0 amide bonds. The van der Waals surface area contributed by atoms with E-state index in [1.165, 1.54) is 96.4 Å². The lowest BCUT2D eigenvalue weighted by Gasteiger charge is -2.28. The topological polar surface area (TPSA) is 0 Å². The Balaban J connectivity index is 1.08. The van der Waals surface area contributed by atoms with Crippen LogP contribution in [0.5, 0.6) is 0 Å². The summed E-state index contributed by atoms with van der Waals surface area (Å²) in [5, 5.41) is 5.08. The number of fused-ring (bicyclic) bond motifs is 2. The molecule has 0 unspecified atom stereocenters. The van der Waals surface area contributed by atoms with Crippen molar-refractivity contribution in [1.82, 2.24) is 0 Å². The van der Waals surface area contributed by atoms with Gasteiger partial charge >= 0.3 is 0 Å². The van der Waals surface area contributed by atoms with Crippen LogP contribution in [0.25, 0.3) is 66.1 Å². The van der Waals surface area contributed by atoms with Gasteiger partial charge in [-0.2, -0.15) is 0 Å². The summed E-state index contributed by atoms with van der Waals surface area (Å²) in [5.74, 6) is 0.714. The molecular weight excluding hydrogens is 516 g/mol. The van der Waals surface area contributed by atoms with Crippen LogP contribution in [0.2, 0.25) is 0 Å². The predicted octanol–water partition coefficient (Wildman–Crippen LogP) is 12.2. The van der Waals surface area contributed by atoms with Crippen LogP contribution in [-0.4, -0.2) is 0 Å². The van der Waals surface area contributed by atoms with Crippen molar-refractivity contribution < 1.29 is 0 Å². The van der Waals surface area contributed by atoms with Crippen molar-refractivity contribution >= 4 is 21.5 Å². The molecule has 0 heteroatoms. The van der Waals surface area contributed by atoms with Gasteiger partial charge in [0, 0.05) is 0 Å². The molecule has 0 aliphatic heterocycles. The molecule has 0 spiro atoms. The van der Waals surface area contributed by atoms with E-state index in [4.69, 9.17) is 0 Å². The highest BCUT2D eigenvalue weighted by Crippen LogP contribution is 2.43. The average Bonchev–Trinajstić information content (AvgIpc) is 3.04. The largest absolute Gasteiger partial charge is 0.0619 e. The molecule has 7 aromatic rings. The second-order valence-corrected chi connectivity index (χ2v) is 12.1. The fourth-order valence-electron chi connectivity index (χ4n) is 6.87. The standard InChI is InChI=1S/C43H34/c1-29-40(14-7-15-41(29)43-13-5-4-12-42(43)32-10-6-11-32)33-19-16-31(17-20-33)35-22-23-38-28-39(25-24-37(38)27-35)36-21-18-30-8-2-3-9-34(30)26-36/h2-5,7-9,12-28,32H,6,10-11H2,1H3. The lowest BCUT2D eigenvalue weighted by Crippen LogP contribution is -2.10. The van der Waals surface area contributed by atoms with E-state index in [0.717, 1.165) is 0 Å². The lowest BCUT2D eigenvalue weighted by molar-refractivity contribution is 0.420. The van der Waals surface area contributed by atoms with E-state index in [-0.39, 0.29) is 0 Å².